The molecule has 0 saturated carbocycles. The van der Waals surface area contributed by atoms with Gasteiger partial charge in [0.2, 0.25) is 0 Å². The number of ketones is 1. The Labute approximate surface area is 94.7 Å². The summed E-state index contributed by atoms with van der Waals surface area (Å²) in [7, 11) is 0. The average Bonchev–Trinajstić information content (AvgIpc) is 2.14. The number of halogens is 4. The summed E-state index contributed by atoms with van der Waals surface area (Å²) >= 11 is 5.59. The van der Waals surface area contributed by atoms with Crippen LogP contribution < -0.4 is 0 Å². The summed E-state index contributed by atoms with van der Waals surface area (Å²) in [5.74, 6) is -0.284. The molecule has 0 saturated heterocycles. The Kier molecular flexibility index (Phi) is 3.70. The Hall–Kier alpha value is -1.36. The highest BCUT2D eigenvalue weighted by Gasteiger charge is 2.31. The van der Waals surface area contributed by atoms with Crippen molar-refractivity contribution in [2.75, 3.05) is 0 Å². The smallest absolute Gasteiger partial charge is 0.295 e. The lowest BCUT2D eigenvalue weighted by molar-refractivity contribution is -0.137. The molecule has 6 heteroatoms. The minimum atomic E-state index is -4.48. The first kappa shape index (κ1) is 12.7. The molecule has 0 N–H and O–H groups in total. The highest BCUT2D eigenvalue weighted by atomic mass is 35.5. The fourth-order valence-corrected chi connectivity index (χ4v) is 1.11. The fraction of sp³-hybridized carbons (Fsp3) is 0.200. The van der Waals surface area contributed by atoms with E-state index in [0.29, 0.717) is 6.20 Å². The number of alkyl halides is 3. The number of hydrogen-bond acceptors (Lipinski definition) is 2. The largest absolute Gasteiger partial charge is 0.417 e. The molecular weight excluding hydrogens is 243 g/mol. The zero-order valence-electron chi connectivity index (χ0n) is 8.18. The Bertz CT molecular complexity index is 440. The third-order valence-electron chi connectivity index (χ3n) is 1.69. The lowest BCUT2D eigenvalue weighted by Gasteiger charge is -2.07. The number of nitrogens with zero attached hydrogens (tertiary/aromatic N) is 1. The summed E-state index contributed by atoms with van der Waals surface area (Å²) < 4.78 is 37.0. The van der Waals surface area contributed by atoms with Crippen molar-refractivity contribution in [3.05, 3.63) is 34.6 Å². The van der Waals surface area contributed by atoms with Crippen molar-refractivity contribution in [1.82, 2.24) is 4.98 Å². The number of hydrogen-bond donors (Lipinski definition) is 0. The molecule has 0 fully saturated rings. The van der Waals surface area contributed by atoms with Crippen LogP contribution in [-0.4, -0.2) is 10.8 Å². The van der Waals surface area contributed by atoms with E-state index in [9.17, 15) is 18.0 Å². The SMILES string of the molecule is CC(=O)/C=C/c1cc(C(F)(F)F)cnc1Cl. The van der Waals surface area contributed by atoms with Gasteiger partial charge in [0.1, 0.15) is 5.15 Å². The molecule has 0 spiro atoms. The van der Waals surface area contributed by atoms with Crippen LogP contribution in [0.4, 0.5) is 13.2 Å². The van der Waals surface area contributed by atoms with E-state index in [1.807, 2.05) is 0 Å². The van der Waals surface area contributed by atoms with Crippen LogP contribution in [0.5, 0.6) is 0 Å². The fourth-order valence-electron chi connectivity index (χ4n) is 0.944. The quantitative estimate of drug-likeness (QED) is 0.594. The van der Waals surface area contributed by atoms with E-state index < -0.39 is 11.7 Å². The van der Waals surface area contributed by atoms with Gasteiger partial charge in [0.15, 0.2) is 5.78 Å². The lowest BCUT2D eigenvalue weighted by atomic mass is 10.2. The zero-order chi connectivity index (χ0) is 12.3. The van der Waals surface area contributed by atoms with Gasteiger partial charge in [0.05, 0.1) is 5.56 Å². The van der Waals surface area contributed by atoms with Gasteiger partial charge in [-0.15, -0.1) is 0 Å². The molecule has 0 aliphatic carbocycles. The molecule has 0 amide bonds. The van der Waals surface area contributed by atoms with Gasteiger partial charge in [0.25, 0.3) is 0 Å². The summed E-state index contributed by atoms with van der Waals surface area (Å²) in [6.07, 6.45) is -1.50. The molecule has 0 radical (unpaired) electrons. The van der Waals surface area contributed by atoms with Crippen molar-refractivity contribution in [3.63, 3.8) is 0 Å². The molecule has 1 aromatic rings. The summed E-state index contributed by atoms with van der Waals surface area (Å²) in [6.45, 7) is 1.28. The molecule has 2 nitrogen and oxygen atoms in total. The Morgan fingerprint density at radius 3 is 2.62 bits per heavy atom. The number of aromatic nitrogens is 1. The Balaban J connectivity index is 3.14. The first-order valence-electron chi connectivity index (χ1n) is 4.22. The number of allylic oxidation sites excluding steroid dienone is 1. The van der Waals surface area contributed by atoms with Crippen LogP contribution in [0, 0.1) is 0 Å². The average molecular weight is 250 g/mol. The van der Waals surface area contributed by atoms with Crippen LogP contribution >= 0.6 is 11.6 Å². The monoisotopic (exact) mass is 249 g/mol. The predicted molar refractivity (Wildman–Crippen MR) is 54.0 cm³/mol. The van der Waals surface area contributed by atoms with Crippen molar-refractivity contribution in [1.29, 1.82) is 0 Å². The van der Waals surface area contributed by atoms with Crippen molar-refractivity contribution < 1.29 is 18.0 Å². The second-order valence-electron chi connectivity index (χ2n) is 3.05. The van der Waals surface area contributed by atoms with E-state index in [1.165, 1.54) is 13.0 Å². The molecule has 1 rings (SSSR count). The molecular formula is C10H7ClF3NO. The maximum Gasteiger partial charge on any atom is 0.417 e. The van der Waals surface area contributed by atoms with Gasteiger partial charge in [-0.3, -0.25) is 4.79 Å². The molecule has 0 bridgehead atoms. The van der Waals surface area contributed by atoms with E-state index in [-0.39, 0.29) is 16.5 Å². The topological polar surface area (TPSA) is 30.0 Å². The molecule has 0 atom stereocenters. The van der Waals surface area contributed by atoms with Crippen molar-refractivity contribution in [2.24, 2.45) is 0 Å². The normalized spacial score (nSPS) is 12.1. The van der Waals surface area contributed by atoms with Gasteiger partial charge in [-0.25, -0.2) is 4.98 Å². The first-order chi connectivity index (χ1) is 7.30. The molecule has 86 valence electrons. The second kappa shape index (κ2) is 4.65. The third-order valence-corrected chi connectivity index (χ3v) is 2.01. The van der Waals surface area contributed by atoms with Gasteiger partial charge >= 0.3 is 6.18 Å². The van der Waals surface area contributed by atoms with Gasteiger partial charge in [0, 0.05) is 11.8 Å². The maximum absolute atomic E-state index is 12.3. The van der Waals surface area contributed by atoms with Crippen LogP contribution in [0.3, 0.4) is 0 Å². The van der Waals surface area contributed by atoms with Crippen LogP contribution in [0.25, 0.3) is 6.08 Å². The van der Waals surface area contributed by atoms with E-state index in [4.69, 9.17) is 11.6 Å². The van der Waals surface area contributed by atoms with Crippen LogP contribution in [0.1, 0.15) is 18.1 Å². The number of pyridine rings is 1. The van der Waals surface area contributed by atoms with Crippen LogP contribution in [0.2, 0.25) is 5.15 Å². The molecule has 0 aliphatic heterocycles. The van der Waals surface area contributed by atoms with E-state index in [1.54, 1.807) is 0 Å². The van der Waals surface area contributed by atoms with Crippen molar-refractivity contribution >= 4 is 23.5 Å². The second-order valence-corrected chi connectivity index (χ2v) is 3.40. The minimum Gasteiger partial charge on any atom is -0.295 e. The highest BCUT2D eigenvalue weighted by molar-refractivity contribution is 6.30. The minimum absolute atomic E-state index is 0.0618. The summed E-state index contributed by atoms with van der Waals surface area (Å²) in [5.41, 5.74) is -0.841. The summed E-state index contributed by atoms with van der Waals surface area (Å²) in [5, 5.41) is -0.0782. The van der Waals surface area contributed by atoms with E-state index in [0.717, 1.165) is 12.1 Å². The predicted octanol–water partition coefficient (Wildman–Crippen LogP) is 3.36. The molecule has 1 heterocycles. The number of rotatable bonds is 2. The standard InChI is InChI=1S/C10H7ClF3NO/c1-6(16)2-3-7-4-8(10(12,13)14)5-15-9(7)11/h2-5H,1H3/b3-2+. The lowest BCUT2D eigenvalue weighted by Crippen LogP contribution is -2.06. The van der Waals surface area contributed by atoms with Gasteiger partial charge in [-0.1, -0.05) is 11.6 Å². The third kappa shape index (κ3) is 3.34. The van der Waals surface area contributed by atoms with E-state index in [2.05, 4.69) is 4.98 Å². The summed E-state index contributed by atoms with van der Waals surface area (Å²) in [6, 6.07) is 0.842. The number of carbonyl (C=O) groups excluding carboxylic acids is 1. The van der Waals surface area contributed by atoms with Gasteiger partial charge in [-0.05, 0) is 25.1 Å². The van der Waals surface area contributed by atoms with E-state index >= 15 is 0 Å². The molecule has 16 heavy (non-hydrogen) atoms. The Morgan fingerprint density at radius 1 is 1.50 bits per heavy atom. The Morgan fingerprint density at radius 2 is 2.12 bits per heavy atom. The molecule has 0 unspecified atom stereocenters. The van der Waals surface area contributed by atoms with Crippen molar-refractivity contribution in [2.45, 2.75) is 13.1 Å². The zero-order valence-corrected chi connectivity index (χ0v) is 8.93. The summed E-state index contributed by atoms with van der Waals surface area (Å²) in [4.78, 5) is 14.0. The van der Waals surface area contributed by atoms with Crippen LogP contribution in [-0.2, 0) is 11.0 Å². The van der Waals surface area contributed by atoms with Gasteiger partial charge in [-0.2, -0.15) is 13.2 Å². The molecule has 1 aromatic heterocycles. The maximum atomic E-state index is 12.3. The van der Waals surface area contributed by atoms with Gasteiger partial charge < -0.3 is 0 Å². The highest BCUT2D eigenvalue weighted by Crippen LogP contribution is 2.30. The molecule has 0 aromatic carbocycles. The van der Waals surface area contributed by atoms with Crippen LogP contribution in [0.15, 0.2) is 18.3 Å². The number of carbonyl (C=O) groups is 1. The molecule has 0 aliphatic rings. The van der Waals surface area contributed by atoms with Crippen molar-refractivity contribution in [3.8, 4) is 0 Å². The first-order valence-corrected chi connectivity index (χ1v) is 4.60.